The second kappa shape index (κ2) is 7.84. The molecule has 0 aliphatic carbocycles. The first kappa shape index (κ1) is 20.5. The Bertz CT molecular complexity index is 1230. The van der Waals surface area contributed by atoms with Crippen LogP contribution in [0.15, 0.2) is 35.2 Å². The van der Waals surface area contributed by atoms with E-state index < -0.39 is 0 Å². The molecule has 1 N–H and O–H groups in total. The molecule has 0 saturated heterocycles. The topological polar surface area (TPSA) is 98.5 Å². The minimum atomic E-state index is -0.234. The van der Waals surface area contributed by atoms with Crippen LogP contribution in [0.1, 0.15) is 36.1 Å². The highest BCUT2D eigenvalue weighted by Crippen LogP contribution is 2.32. The standard InChI is InChI=1S/C20H20BrN7OS/c1-11-17(30-19(24-11)13-9-22-7-8-23-13)18(29)25-12-5-6-14-16(15(12)21)26-27-28(14)10-20(2,3)4/h5-9H,10H2,1-4H3,(H,25,29). The number of thiazole rings is 1. The van der Waals surface area contributed by atoms with Crippen molar-refractivity contribution < 1.29 is 4.79 Å². The third-order valence-corrected chi connectivity index (χ3v) is 6.26. The fourth-order valence-corrected chi connectivity index (χ4v) is 4.41. The molecule has 0 radical (unpaired) electrons. The number of anilines is 1. The highest BCUT2D eigenvalue weighted by molar-refractivity contribution is 9.10. The van der Waals surface area contributed by atoms with Gasteiger partial charge in [0.1, 0.15) is 21.1 Å². The summed E-state index contributed by atoms with van der Waals surface area (Å²) in [7, 11) is 0. The molecule has 3 heterocycles. The van der Waals surface area contributed by atoms with Gasteiger partial charge in [-0.05, 0) is 40.4 Å². The van der Waals surface area contributed by atoms with Gasteiger partial charge in [-0.2, -0.15) is 0 Å². The fraction of sp³-hybridized carbons (Fsp3) is 0.300. The smallest absolute Gasteiger partial charge is 0.267 e. The number of halogens is 1. The van der Waals surface area contributed by atoms with E-state index in [4.69, 9.17) is 0 Å². The Morgan fingerprint density at radius 1 is 1.27 bits per heavy atom. The van der Waals surface area contributed by atoms with Crippen molar-refractivity contribution in [3.8, 4) is 10.7 Å². The Morgan fingerprint density at radius 2 is 2.07 bits per heavy atom. The molecule has 0 fully saturated rings. The number of hydrogen-bond acceptors (Lipinski definition) is 7. The SMILES string of the molecule is Cc1nc(-c2cnccn2)sc1C(=O)Nc1ccc2c(nnn2CC(C)(C)C)c1Br. The predicted octanol–water partition coefficient (Wildman–Crippen LogP) is 4.71. The van der Waals surface area contributed by atoms with Crippen molar-refractivity contribution in [2.24, 2.45) is 5.41 Å². The molecule has 8 nitrogen and oxygen atoms in total. The third-order valence-electron chi connectivity index (χ3n) is 4.28. The fourth-order valence-electron chi connectivity index (χ4n) is 2.97. The molecule has 0 aliphatic rings. The van der Waals surface area contributed by atoms with Crippen LogP contribution in [0, 0.1) is 12.3 Å². The first-order valence-corrected chi connectivity index (χ1v) is 10.9. The number of carbonyl (C=O) groups excluding carboxylic acids is 1. The average Bonchev–Trinajstić information content (AvgIpc) is 3.27. The maximum absolute atomic E-state index is 12.9. The summed E-state index contributed by atoms with van der Waals surface area (Å²) >= 11 is 4.86. The molecule has 4 aromatic rings. The molecular formula is C20H20BrN7OS. The summed E-state index contributed by atoms with van der Waals surface area (Å²) in [6.45, 7) is 9.00. The lowest BCUT2D eigenvalue weighted by Crippen LogP contribution is -2.16. The molecule has 0 bridgehead atoms. The van der Waals surface area contributed by atoms with E-state index in [-0.39, 0.29) is 11.3 Å². The molecule has 0 saturated carbocycles. The number of rotatable bonds is 4. The Balaban J connectivity index is 1.61. The van der Waals surface area contributed by atoms with E-state index in [1.54, 1.807) is 18.6 Å². The summed E-state index contributed by atoms with van der Waals surface area (Å²) in [5.74, 6) is -0.234. The molecular weight excluding hydrogens is 466 g/mol. The lowest BCUT2D eigenvalue weighted by atomic mass is 9.97. The van der Waals surface area contributed by atoms with Crippen LogP contribution in [0.25, 0.3) is 21.7 Å². The van der Waals surface area contributed by atoms with Crippen molar-refractivity contribution in [3.05, 3.63) is 45.8 Å². The van der Waals surface area contributed by atoms with Crippen LogP contribution in [-0.4, -0.2) is 35.9 Å². The van der Waals surface area contributed by atoms with E-state index in [9.17, 15) is 4.79 Å². The average molecular weight is 486 g/mol. The molecule has 0 spiro atoms. The van der Waals surface area contributed by atoms with E-state index in [0.29, 0.717) is 36.9 Å². The van der Waals surface area contributed by atoms with Gasteiger partial charge in [0.25, 0.3) is 5.91 Å². The predicted molar refractivity (Wildman–Crippen MR) is 121 cm³/mol. The summed E-state index contributed by atoms with van der Waals surface area (Å²) in [4.78, 5) is 26.2. The summed E-state index contributed by atoms with van der Waals surface area (Å²) in [5.41, 5.74) is 3.61. The first-order chi connectivity index (χ1) is 14.2. The Kier molecular flexibility index (Phi) is 5.37. The maximum Gasteiger partial charge on any atom is 0.267 e. The van der Waals surface area contributed by atoms with Gasteiger partial charge >= 0.3 is 0 Å². The van der Waals surface area contributed by atoms with Crippen LogP contribution in [0.3, 0.4) is 0 Å². The molecule has 0 aliphatic heterocycles. The monoisotopic (exact) mass is 485 g/mol. The van der Waals surface area contributed by atoms with Gasteiger partial charge in [-0.3, -0.25) is 14.8 Å². The van der Waals surface area contributed by atoms with Gasteiger partial charge < -0.3 is 5.32 Å². The number of fused-ring (bicyclic) bond motifs is 1. The number of hydrogen-bond donors (Lipinski definition) is 1. The van der Waals surface area contributed by atoms with E-state index in [1.807, 2.05) is 23.7 Å². The first-order valence-electron chi connectivity index (χ1n) is 9.30. The molecule has 3 aromatic heterocycles. The number of nitrogens with zero attached hydrogens (tertiary/aromatic N) is 6. The van der Waals surface area contributed by atoms with Crippen molar-refractivity contribution in [3.63, 3.8) is 0 Å². The Labute approximate surface area is 185 Å². The highest BCUT2D eigenvalue weighted by atomic mass is 79.9. The summed E-state index contributed by atoms with van der Waals surface area (Å²) in [6, 6.07) is 3.78. The van der Waals surface area contributed by atoms with Crippen LogP contribution in [0.4, 0.5) is 5.69 Å². The molecule has 154 valence electrons. The summed E-state index contributed by atoms with van der Waals surface area (Å²) in [5, 5.41) is 12.2. The number of carbonyl (C=O) groups is 1. The van der Waals surface area contributed by atoms with Crippen LogP contribution in [0.2, 0.25) is 0 Å². The van der Waals surface area contributed by atoms with Gasteiger partial charge in [-0.25, -0.2) is 9.67 Å². The number of aryl methyl sites for hydroxylation is 1. The van der Waals surface area contributed by atoms with Crippen LogP contribution >= 0.6 is 27.3 Å². The molecule has 0 atom stereocenters. The molecule has 0 unspecified atom stereocenters. The van der Waals surface area contributed by atoms with E-state index in [1.165, 1.54) is 11.3 Å². The van der Waals surface area contributed by atoms with Gasteiger partial charge in [0.05, 0.1) is 27.6 Å². The van der Waals surface area contributed by atoms with E-state index >= 15 is 0 Å². The summed E-state index contributed by atoms with van der Waals surface area (Å²) < 4.78 is 2.58. The second-order valence-electron chi connectivity index (χ2n) is 8.08. The van der Waals surface area contributed by atoms with Crippen molar-refractivity contribution in [1.82, 2.24) is 29.9 Å². The minimum absolute atomic E-state index is 0.0739. The van der Waals surface area contributed by atoms with E-state index in [2.05, 4.69) is 67.3 Å². The number of aromatic nitrogens is 6. The van der Waals surface area contributed by atoms with Crippen molar-refractivity contribution in [2.45, 2.75) is 34.2 Å². The van der Waals surface area contributed by atoms with Gasteiger partial charge in [-0.15, -0.1) is 16.4 Å². The van der Waals surface area contributed by atoms with Crippen LogP contribution in [-0.2, 0) is 6.54 Å². The van der Waals surface area contributed by atoms with Gasteiger partial charge in [0, 0.05) is 18.9 Å². The molecule has 10 heteroatoms. The Morgan fingerprint density at radius 3 is 2.77 bits per heavy atom. The van der Waals surface area contributed by atoms with Crippen molar-refractivity contribution in [2.75, 3.05) is 5.32 Å². The number of nitrogens with one attached hydrogen (secondary N) is 1. The molecule has 4 rings (SSSR count). The third kappa shape index (κ3) is 4.10. The van der Waals surface area contributed by atoms with Crippen molar-refractivity contribution in [1.29, 1.82) is 0 Å². The van der Waals surface area contributed by atoms with Crippen LogP contribution < -0.4 is 5.32 Å². The van der Waals surface area contributed by atoms with Gasteiger partial charge in [-0.1, -0.05) is 26.0 Å². The largest absolute Gasteiger partial charge is 0.320 e. The lowest BCUT2D eigenvalue weighted by molar-refractivity contribution is 0.102. The molecule has 30 heavy (non-hydrogen) atoms. The zero-order valence-corrected chi connectivity index (χ0v) is 19.4. The number of benzene rings is 1. The normalized spacial score (nSPS) is 11.8. The van der Waals surface area contributed by atoms with Crippen molar-refractivity contribution >= 4 is 49.9 Å². The zero-order valence-electron chi connectivity index (χ0n) is 17.0. The lowest BCUT2D eigenvalue weighted by Gasteiger charge is -2.18. The molecule has 1 aromatic carbocycles. The quantitative estimate of drug-likeness (QED) is 0.449. The minimum Gasteiger partial charge on any atom is -0.320 e. The van der Waals surface area contributed by atoms with Crippen LogP contribution in [0.5, 0.6) is 0 Å². The van der Waals surface area contributed by atoms with Gasteiger partial charge in [0.2, 0.25) is 0 Å². The number of amides is 1. The summed E-state index contributed by atoms with van der Waals surface area (Å²) in [6.07, 6.45) is 4.83. The zero-order chi connectivity index (χ0) is 21.5. The second-order valence-corrected chi connectivity index (χ2v) is 9.87. The molecule has 1 amide bonds. The van der Waals surface area contributed by atoms with E-state index in [0.717, 1.165) is 12.1 Å². The highest BCUT2D eigenvalue weighted by Gasteiger charge is 2.20. The van der Waals surface area contributed by atoms with Gasteiger partial charge in [0.15, 0.2) is 0 Å². The Hall–Kier alpha value is -2.72. The maximum atomic E-state index is 12.9.